The molecule has 1 aliphatic rings. The molecule has 0 saturated carbocycles. The SMILES string of the molecule is CC1CCN(c2ccc(NC(=O)c3cc(NCCN(C)C)ccn3)cc2)CC1. The third kappa shape index (κ3) is 5.70. The zero-order valence-electron chi connectivity index (χ0n) is 17.1. The van der Waals surface area contributed by atoms with Gasteiger partial charge in [-0.25, -0.2) is 0 Å². The second-order valence-electron chi connectivity index (χ2n) is 7.83. The lowest BCUT2D eigenvalue weighted by molar-refractivity contribution is 0.102. The summed E-state index contributed by atoms with van der Waals surface area (Å²) in [6.07, 6.45) is 4.14. The molecule has 0 bridgehead atoms. The summed E-state index contributed by atoms with van der Waals surface area (Å²) in [5.41, 5.74) is 3.31. The Morgan fingerprint density at radius 2 is 1.86 bits per heavy atom. The molecule has 0 aliphatic carbocycles. The first-order valence-electron chi connectivity index (χ1n) is 10.0. The number of piperidine rings is 1. The van der Waals surface area contributed by atoms with E-state index >= 15 is 0 Å². The molecule has 3 rings (SSSR count). The van der Waals surface area contributed by atoms with Crippen molar-refractivity contribution in [3.63, 3.8) is 0 Å². The van der Waals surface area contributed by atoms with E-state index in [-0.39, 0.29) is 5.91 Å². The number of nitrogens with zero attached hydrogens (tertiary/aromatic N) is 3. The van der Waals surface area contributed by atoms with Crippen LogP contribution in [0.1, 0.15) is 30.3 Å². The quantitative estimate of drug-likeness (QED) is 0.768. The normalized spacial score (nSPS) is 14.9. The van der Waals surface area contributed by atoms with Gasteiger partial charge in [-0.2, -0.15) is 0 Å². The van der Waals surface area contributed by atoms with E-state index in [1.807, 2.05) is 32.3 Å². The molecule has 0 unspecified atom stereocenters. The van der Waals surface area contributed by atoms with E-state index in [1.54, 1.807) is 12.3 Å². The van der Waals surface area contributed by atoms with Crippen molar-refractivity contribution >= 4 is 23.0 Å². The Kier molecular flexibility index (Phi) is 6.87. The zero-order valence-corrected chi connectivity index (χ0v) is 17.1. The molecule has 1 amide bonds. The number of aromatic nitrogens is 1. The maximum atomic E-state index is 12.6. The Balaban J connectivity index is 1.57. The first kappa shape index (κ1) is 20.1. The van der Waals surface area contributed by atoms with Gasteiger partial charge in [0.25, 0.3) is 5.91 Å². The van der Waals surface area contributed by atoms with Crippen molar-refractivity contribution in [3.05, 3.63) is 48.3 Å². The molecular formula is C22H31N5O. The van der Waals surface area contributed by atoms with Gasteiger partial charge < -0.3 is 20.4 Å². The van der Waals surface area contributed by atoms with Gasteiger partial charge >= 0.3 is 0 Å². The fourth-order valence-electron chi connectivity index (χ4n) is 3.31. The third-order valence-electron chi connectivity index (χ3n) is 5.15. The number of anilines is 3. The summed E-state index contributed by atoms with van der Waals surface area (Å²) in [6, 6.07) is 11.8. The van der Waals surface area contributed by atoms with Gasteiger partial charge in [-0.15, -0.1) is 0 Å². The zero-order chi connectivity index (χ0) is 19.9. The minimum atomic E-state index is -0.198. The van der Waals surface area contributed by atoms with Crippen LogP contribution < -0.4 is 15.5 Å². The number of likely N-dealkylation sites (N-methyl/N-ethyl adjacent to an activating group) is 1. The smallest absolute Gasteiger partial charge is 0.274 e. The Hall–Kier alpha value is -2.60. The molecule has 2 N–H and O–H groups in total. The predicted molar refractivity (Wildman–Crippen MR) is 116 cm³/mol. The molecule has 0 spiro atoms. The molecule has 0 radical (unpaired) electrons. The molecule has 2 aromatic rings. The number of hydrogen-bond donors (Lipinski definition) is 2. The molecule has 6 nitrogen and oxygen atoms in total. The fourth-order valence-corrected chi connectivity index (χ4v) is 3.31. The topological polar surface area (TPSA) is 60.5 Å². The van der Waals surface area contributed by atoms with Crippen molar-refractivity contribution in [2.45, 2.75) is 19.8 Å². The van der Waals surface area contributed by atoms with Crippen molar-refractivity contribution < 1.29 is 4.79 Å². The maximum absolute atomic E-state index is 12.6. The molecule has 0 atom stereocenters. The Morgan fingerprint density at radius 3 is 2.54 bits per heavy atom. The van der Waals surface area contributed by atoms with Crippen LogP contribution in [-0.4, -0.2) is 56.1 Å². The summed E-state index contributed by atoms with van der Waals surface area (Å²) in [6.45, 7) is 6.26. The molecule has 1 aromatic carbocycles. The summed E-state index contributed by atoms with van der Waals surface area (Å²) in [7, 11) is 4.06. The standard InChI is InChI=1S/C22H31N5O/c1-17-9-13-27(14-10-17)20-6-4-18(5-7-20)25-22(28)21-16-19(8-11-24-21)23-12-15-26(2)3/h4-8,11,16-17H,9-10,12-15H2,1-3H3,(H,23,24)(H,25,28). The van der Waals surface area contributed by atoms with Gasteiger partial charge in [-0.1, -0.05) is 6.92 Å². The summed E-state index contributed by atoms with van der Waals surface area (Å²) in [5.74, 6) is 0.617. The lowest BCUT2D eigenvalue weighted by Crippen LogP contribution is -2.32. The van der Waals surface area contributed by atoms with Gasteiger partial charge in [0.1, 0.15) is 5.69 Å². The maximum Gasteiger partial charge on any atom is 0.274 e. The molecule has 2 heterocycles. The third-order valence-corrected chi connectivity index (χ3v) is 5.15. The number of nitrogens with one attached hydrogen (secondary N) is 2. The molecule has 1 saturated heterocycles. The van der Waals surface area contributed by atoms with E-state index < -0.39 is 0 Å². The molecule has 1 aromatic heterocycles. The fraction of sp³-hybridized carbons (Fsp3) is 0.455. The Morgan fingerprint density at radius 1 is 1.14 bits per heavy atom. The highest BCUT2D eigenvalue weighted by molar-refractivity contribution is 6.03. The first-order valence-corrected chi connectivity index (χ1v) is 10.0. The van der Waals surface area contributed by atoms with Gasteiger partial charge in [-0.3, -0.25) is 9.78 Å². The van der Waals surface area contributed by atoms with Gasteiger partial charge in [0.2, 0.25) is 0 Å². The first-order chi connectivity index (χ1) is 13.5. The molecule has 150 valence electrons. The number of carbonyl (C=O) groups is 1. The van der Waals surface area contributed by atoms with Gasteiger partial charge in [-0.05, 0) is 69.3 Å². The molecule has 6 heteroatoms. The lowest BCUT2D eigenvalue weighted by atomic mass is 9.99. The van der Waals surface area contributed by atoms with Crippen molar-refractivity contribution in [1.29, 1.82) is 0 Å². The second kappa shape index (κ2) is 9.55. The van der Waals surface area contributed by atoms with Crippen molar-refractivity contribution in [2.75, 3.05) is 55.8 Å². The van der Waals surface area contributed by atoms with Crippen LogP contribution in [0.5, 0.6) is 0 Å². The highest BCUT2D eigenvalue weighted by atomic mass is 16.1. The highest BCUT2D eigenvalue weighted by Crippen LogP contribution is 2.24. The Bertz CT molecular complexity index is 767. The van der Waals surface area contributed by atoms with Crippen LogP contribution >= 0.6 is 0 Å². The predicted octanol–water partition coefficient (Wildman–Crippen LogP) is 3.54. The van der Waals surface area contributed by atoms with Gasteiger partial charge in [0.05, 0.1) is 0 Å². The number of carbonyl (C=O) groups excluding carboxylic acids is 1. The number of pyridine rings is 1. The molecular weight excluding hydrogens is 350 g/mol. The summed E-state index contributed by atoms with van der Waals surface area (Å²) in [5, 5.41) is 6.26. The largest absolute Gasteiger partial charge is 0.384 e. The second-order valence-corrected chi connectivity index (χ2v) is 7.83. The van der Waals surface area contributed by atoms with E-state index in [9.17, 15) is 4.79 Å². The number of rotatable bonds is 7. The van der Waals surface area contributed by atoms with Crippen LogP contribution in [0.4, 0.5) is 17.1 Å². The average molecular weight is 382 g/mol. The average Bonchev–Trinajstić information content (AvgIpc) is 2.69. The van der Waals surface area contributed by atoms with Crippen LogP contribution in [0.3, 0.4) is 0 Å². The highest BCUT2D eigenvalue weighted by Gasteiger charge is 2.16. The number of amides is 1. The van der Waals surface area contributed by atoms with Crippen LogP contribution in [0, 0.1) is 5.92 Å². The molecule has 1 aliphatic heterocycles. The van der Waals surface area contributed by atoms with Crippen LogP contribution in [-0.2, 0) is 0 Å². The van der Waals surface area contributed by atoms with Crippen molar-refractivity contribution in [1.82, 2.24) is 9.88 Å². The van der Waals surface area contributed by atoms with E-state index in [0.29, 0.717) is 5.69 Å². The lowest BCUT2D eigenvalue weighted by Gasteiger charge is -2.32. The summed E-state index contributed by atoms with van der Waals surface area (Å²) >= 11 is 0. The minimum Gasteiger partial charge on any atom is -0.384 e. The summed E-state index contributed by atoms with van der Waals surface area (Å²) < 4.78 is 0. The van der Waals surface area contributed by atoms with Crippen LogP contribution in [0.25, 0.3) is 0 Å². The van der Waals surface area contributed by atoms with Crippen molar-refractivity contribution in [3.8, 4) is 0 Å². The number of benzene rings is 1. The van der Waals surface area contributed by atoms with Gasteiger partial charge in [0.15, 0.2) is 0 Å². The van der Waals surface area contributed by atoms with E-state index in [1.165, 1.54) is 18.5 Å². The molecule has 28 heavy (non-hydrogen) atoms. The monoisotopic (exact) mass is 381 g/mol. The molecule has 1 fully saturated rings. The van der Waals surface area contributed by atoms with Gasteiger partial charge in [0, 0.05) is 49.4 Å². The van der Waals surface area contributed by atoms with Crippen LogP contribution in [0.2, 0.25) is 0 Å². The Labute approximate surface area is 167 Å². The minimum absolute atomic E-state index is 0.198. The number of hydrogen-bond acceptors (Lipinski definition) is 5. The van der Waals surface area contributed by atoms with Crippen molar-refractivity contribution in [2.24, 2.45) is 5.92 Å². The van der Waals surface area contributed by atoms with E-state index in [4.69, 9.17) is 0 Å². The summed E-state index contributed by atoms with van der Waals surface area (Å²) in [4.78, 5) is 21.3. The van der Waals surface area contributed by atoms with E-state index in [0.717, 1.165) is 43.5 Å². The van der Waals surface area contributed by atoms with E-state index in [2.05, 4.69) is 44.5 Å². The van der Waals surface area contributed by atoms with Crippen LogP contribution in [0.15, 0.2) is 42.6 Å².